The molecular weight excluding hydrogens is 248 g/mol. The number of aryl methyl sites for hydroxylation is 1. The first-order valence-electron chi connectivity index (χ1n) is 5.88. The summed E-state index contributed by atoms with van der Waals surface area (Å²) in [6.45, 7) is 2.36. The molecule has 1 aromatic rings. The van der Waals surface area contributed by atoms with Gasteiger partial charge in [0.2, 0.25) is 5.91 Å². The molecule has 0 unspecified atom stereocenters. The minimum Gasteiger partial charge on any atom is -0.507 e. The number of amides is 2. The normalized spacial score (nSPS) is 10.0. The number of aromatic hydroxyl groups is 1. The summed E-state index contributed by atoms with van der Waals surface area (Å²) in [6, 6.07) is 4.87. The van der Waals surface area contributed by atoms with E-state index in [4.69, 9.17) is 4.74 Å². The van der Waals surface area contributed by atoms with E-state index >= 15 is 0 Å². The van der Waals surface area contributed by atoms with Gasteiger partial charge in [-0.05, 0) is 18.6 Å². The lowest BCUT2D eigenvalue weighted by atomic mass is 10.1. The third-order valence-corrected chi connectivity index (χ3v) is 2.52. The number of ether oxygens (including phenoxy) is 1. The first kappa shape index (κ1) is 15.0. The average molecular weight is 266 g/mol. The fourth-order valence-corrected chi connectivity index (χ4v) is 1.45. The van der Waals surface area contributed by atoms with Crippen LogP contribution < -0.4 is 10.6 Å². The molecule has 19 heavy (non-hydrogen) atoms. The molecule has 1 aromatic carbocycles. The van der Waals surface area contributed by atoms with Crippen molar-refractivity contribution in [3.8, 4) is 5.75 Å². The van der Waals surface area contributed by atoms with Gasteiger partial charge in [0, 0.05) is 13.7 Å². The Labute approximate surface area is 111 Å². The van der Waals surface area contributed by atoms with Gasteiger partial charge in [0.25, 0.3) is 5.91 Å². The largest absolute Gasteiger partial charge is 0.507 e. The van der Waals surface area contributed by atoms with Crippen molar-refractivity contribution in [2.75, 3.05) is 26.8 Å². The van der Waals surface area contributed by atoms with E-state index in [2.05, 4.69) is 10.6 Å². The van der Waals surface area contributed by atoms with Crippen molar-refractivity contribution in [2.24, 2.45) is 0 Å². The van der Waals surface area contributed by atoms with Gasteiger partial charge in [-0.3, -0.25) is 9.59 Å². The Morgan fingerprint density at radius 3 is 2.74 bits per heavy atom. The molecule has 0 fully saturated rings. The summed E-state index contributed by atoms with van der Waals surface area (Å²) < 4.78 is 4.78. The van der Waals surface area contributed by atoms with Gasteiger partial charge in [-0.25, -0.2) is 0 Å². The zero-order chi connectivity index (χ0) is 14.3. The van der Waals surface area contributed by atoms with Crippen LogP contribution in [0.25, 0.3) is 0 Å². The minimum absolute atomic E-state index is 0.0696. The number of carbonyl (C=O) groups excluding carboxylic acids is 2. The van der Waals surface area contributed by atoms with Crippen LogP contribution >= 0.6 is 0 Å². The predicted octanol–water partition coefficient (Wildman–Crippen LogP) is 0.193. The van der Waals surface area contributed by atoms with Crippen molar-refractivity contribution in [1.29, 1.82) is 0 Å². The van der Waals surface area contributed by atoms with Crippen molar-refractivity contribution in [2.45, 2.75) is 6.92 Å². The molecule has 0 saturated heterocycles. The lowest BCUT2D eigenvalue weighted by Gasteiger charge is -2.08. The Hall–Kier alpha value is -2.08. The lowest BCUT2D eigenvalue weighted by molar-refractivity contribution is -0.120. The molecule has 0 atom stereocenters. The second-order valence-electron chi connectivity index (χ2n) is 4.00. The second kappa shape index (κ2) is 7.38. The maximum absolute atomic E-state index is 11.8. The number of nitrogens with one attached hydrogen (secondary N) is 2. The molecule has 1 rings (SSSR count). The molecule has 0 saturated carbocycles. The van der Waals surface area contributed by atoms with Gasteiger partial charge in [0.05, 0.1) is 18.7 Å². The molecule has 6 heteroatoms. The Morgan fingerprint density at radius 1 is 1.32 bits per heavy atom. The van der Waals surface area contributed by atoms with E-state index in [1.807, 2.05) is 0 Å². The first-order chi connectivity index (χ1) is 9.06. The zero-order valence-electron chi connectivity index (χ0n) is 11.0. The molecule has 6 nitrogen and oxygen atoms in total. The highest BCUT2D eigenvalue weighted by atomic mass is 16.5. The molecule has 0 aliphatic carbocycles. The number of rotatable bonds is 6. The number of methoxy groups -OCH3 is 1. The first-order valence-corrected chi connectivity index (χ1v) is 5.88. The number of phenols is 1. The van der Waals surface area contributed by atoms with Gasteiger partial charge in [-0.1, -0.05) is 12.1 Å². The number of hydrogen-bond acceptors (Lipinski definition) is 4. The third-order valence-electron chi connectivity index (χ3n) is 2.52. The van der Waals surface area contributed by atoms with E-state index in [9.17, 15) is 14.7 Å². The van der Waals surface area contributed by atoms with Gasteiger partial charge in [-0.2, -0.15) is 0 Å². The maximum Gasteiger partial charge on any atom is 0.255 e. The Kier molecular flexibility index (Phi) is 5.81. The fourth-order valence-electron chi connectivity index (χ4n) is 1.45. The standard InChI is InChI=1S/C13H18N2O4/c1-9-4-3-5-10(12(9)17)13(18)15-8-11(16)14-6-7-19-2/h3-5,17H,6-8H2,1-2H3,(H,14,16)(H,15,18). The summed E-state index contributed by atoms with van der Waals surface area (Å²) in [5.41, 5.74) is 0.766. The van der Waals surface area contributed by atoms with Gasteiger partial charge in [0.1, 0.15) is 5.75 Å². The van der Waals surface area contributed by atoms with Crippen LogP contribution in [0.1, 0.15) is 15.9 Å². The molecule has 0 aliphatic heterocycles. The summed E-state index contributed by atoms with van der Waals surface area (Å²) in [5.74, 6) is -0.861. The molecule has 3 N–H and O–H groups in total. The van der Waals surface area contributed by atoms with Gasteiger partial charge >= 0.3 is 0 Å². The van der Waals surface area contributed by atoms with Crippen LogP contribution in [0.15, 0.2) is 18.2 Å². The molecule has 0 radical (unpaired) electrons. The van der Waals surface area contributed by atoms with E-state index in [0.717, 1.165) is 0 Å². The number of carbonyl (C=O) groups is 2. The van der Waals surface area contributed by atoms with Crippen LogP contribution in [0, 0.1) is 6.92 Å². The van der Waals surface area contributed by atoms with Crippen LogP contribution in [-0.2, 0) is 9.53 Å². The number of benzene rings is 1. The number of hydrogen-bond donors (Lipinski definition) is 3. The lowest BCUT2D eigenvalue weighted by Crippen LogP contribution is -2.38. The Bertz CT molecular complexity index is 460. The highest BCUT2D eigenvalue weighted by Crippen LogP contribution is 2.20. The molecule has 0 bridgehead atoms. The van der Waals surface area contributed by atoms with Crippen LogP contribution in [0.3, 0.4) is 0 Å². The molecule has 104 valence electrons. The number of para-hydroxylation sites is 1. The second-order valence-corrected chi connectivity index (χ2v) is 4.00. The summed E-state index contributed by atoms with van der Waals surface area (Å²) in [4.78, 5) is 23.1. The molecule has 0 aromatic heterocycles. The zero-order valence-corrected chi connectivity index (χ0v) is 11.0. The van der Waals surface area contributed by atoms with E-state index < -0.39 is 5.91 Å². The van der Waals surface area contributed by atoms with Crippen LogP contribution in [0.5, 0.6) is 5.75 Å². The van der Waals surface area contributed by atoms with Crippen LogP contribution in [-0.4, -0.2) is 43.7 Å². The minimum atomic E-state index is -0.483. The molecule has 2 amide bonds. The summed E-state index contributed by atoms with van der Waals surface area (Å²) in [5, 5.41) is 14.7. The maximum atomic E-state index is 11.8. The van der Waals surface area contributed by atoms with E-state index in [1.165, 1.54) is 13.2 Å². The van der Waals surface area contributed by atoms with Crippen molar-refractivity contribution < 1.29 is 19.4 Å². The Morgan fingerprint density at radius 2 is 2.05 bits per heavy atom. The highest BCUT2D eigenvalue weighted by molar-refractivity contribution is 5.98. The van der Waals surface area contributed by atoms with Gasteiger partial charge in [0.15, 0.2) is 0 Å². The third kappa shape index (κ3) is 4.59. The van der Waals surface area contributed by atoms with Crippen molar-refractivity contribution in [3.63, 3.8) is 0 Å². The smallest absolute Gasteiger partial charge is 0.255 e. The summed E-state index contributed by atoms with van der Waals surface area (Å²) >= 11 is 0. The fraction of sp³-hybridized carbons (Fsp3) is 0.385. The quantitative estimate of drug-likeness (QED) is 0.642. The highest BCUT2D eigenvalue weighted by Gasteiger charge is 2.13. The monoisotopic (exact) mass is 266 g/mol. The molecule has 0 heterocycles. The van der Waals surface area contributed by atoms with Gasteiger partial charge < -0.3 is 20.5 Å². The van der Waals surface area contributed by atoms with Crippen molar-refractivity contribution in [1.82, 2.24) is 10.6 Å². The topological polar surface area (TPSA) is 87.7 Å². The Balaban J connectivity index is 2.47. The summed E-state index contributed by atoms with van der Waals surface area (Å²) in [6.07, 6.45) is 0. The SMILES string of the molecule is COCCNC(=O)CNC(=O)c1cccc(C)c1O. The van der Waals surface area contributed by atoms with Gasteiger partial charge in [-0.15, -0.1) is 0 Å². The number of phenolic OH excluding ortho intramolecular Hbond substituents is 1. The molecule has 0 aliphatic rings. The van der Waals surface area contributed by atoms with Crippen molar-refractivity contribution >= 4 is 11.8 Å². The van der Waals surface area contributed by atoms with E-state index in [1.54, 1.807) is 19.1 Å². The van der Waals surface area contributed by atoms with E-state index in [0.29, 0.717) is 18.7 Å². The average Bonchev–Trinajstić information content (AvgIpc) is 2.39. The van der Waals surface area contributed by atoms with E-state index in [-0.39, 0.29) is 23.8 Å². The summed E-state index contributed by atoms with van der Waals surface area (Å²) in [7, 11) is 1.54. The van der Waals surface area contributed by atoms with Crippen LogP contribution in [0.4, 0.5) is 0 Å². The van der Waals surface area contributed by atoms with Crippen LogP contribution in [0.2, 0.25) is 0 Å². The van der Waals surface area contributed by atoms with Crippen molar-refractivity contribution in [3.05, 3.63) is 29.3 Å². The molecule has 0 spiro atoms. The molecular formula is C13H18N2O4. The predicted molar refractivity (Wildman–Crippen MR) is 70.1 cm³/mol.